The maximum absolute atomic E-state index is 12.4. The number of aliphatic hydroxyl groups is 1. The van der Waals surface area contributed by atoms with Crippen LogP contribution in [-0.4, -0.2) is 59.5 Å². The topological polar surface area (TPSA) is 102 Å². The van der Waals surface area contributed by atoms with E-state index in [2.05, 4.69) is 0 Å². The highest BCUT2D eigenvalue weighted by atomic mass is 35.5. The van der Waals surface area contributed by atoms with E-state index in [-0.39, 0.29) is 25.6 Å². The summed E-state index contributed by atoms with van der Waals surface area (Å²) in [6, 6.07) is -0.272. The summed E-state index contributed by atoms with van der Waals surface area (Å²) in [5.41, 5.74) is 3.83. The molecule has 7 nitrogen and oxygen atoms in total. The van der Waals surface area contributed by atoms with Crippen molar-refractivity contribution in [1.82, 2.24) is 4.90 Å². The van der Waals surface area contributed by atoms with E-state index >= 15 is 0 Å². The molecule has 1 aliphatic heterocycles. The number of carbonyl (C=O) groups is 2. The molecule has 3 N–H and O–H groups in total. The Morgan fingerprint density at radius 1 is 1.43 bits per heavy atom. The van der Waals surface area contributed by atoms with Gasteiger partial charge in [0.2, 0.25) is 0 Å². The fourth-order valence-electron chi connectivity index (χ4n) is 2.77. The molecule has 1 amide bonds. The summed E-state index contributed by atoms with van der Waals surface area (Å²) in [5, 5.41) is 9.90. The molecule has 134 valence electrons. The molecule has 0 aliphatic carbocycles. The molecule has 1 aliphatic rings. The fraction of sp³-hybridized carbons (Fsp3) is 0.867. The van der Waals surface area contributed by atoms with Crippen LogP contribution in [0.5, 0.6) is 0 Å². The van der Waals surface area contributed by atoms with Crippen molar-refractivity contribution in [1.29, 1.82) is 0 Å². The molecule has 0 radical (unpaired) electrons. The number of aliphatic hydroxyl groups excluding tert-OH is 1. The number of esters is 1. The summed E-state index contributed by atoms with van der Waals surface area (Å²) < 4.78 is 10.3. The molecule has 0 aromatic carbocycles. The zero-order valence-electron chi connectivity index (χ0n) is 14.0. The van der Waals surface area contributed by atoms with Crippen LogP contribution in [0.4, 0.5) is 4.79 Å². The molecule has 1 fully saturated rings. The minimum atomic E-state index is -1.01. The number of hydrogen-bond donors (Lipinski definition) is 2. The molecular formula is C15H27ClN2O5. The summed E-state index contributed by atoms with van der Waals surface area (Å²) in [4.78, 5) is 26.1. The molecule has 1 saturated heterocycles. The van der Waals surface area contributed by atoms with Gasteiger partial charge in [0.25, 0.3) is 0 Å². The smallest absolute Gasteiger partial charge is 0.410 e. The second-order valence-corrected chi connectivity index (χ2v) is 7.14. The third-order valence-electron chi connectivity index (χ3n) is 3.75. The van der Waals surface area contributed by atoms with Gasteiger partial charge in [0.1, 0.15) is 5.60 Å². The van der Waals surface area contributed by atoms with Crippen LogP contribution in [-0.2, 0) is 14.3 Å². The number of alkyl halides is 1. The molecule has 23 heavy (non-hydrogen) atoms. The largest absolute Gasteiger partial charge is 0.449 e. The Morgan fingerprint density at radius 2 is 2.09 bits per heavy atom. The van der Waals surface area contributed by atoms with Crippen LogP contribution in [0.25, 0.3) is 0 Å². The van der Waals surface area contributed by atoms with Crippen molar-refractivity contribution in [3.05, 3.63) is 0 Å². The van der Waals surface area contributed by atoms with Crippen LogP contribution in [0.15, 0.2) is 0 Å². The highest BCUT2D eigenvalue weighted by Gasteiger charge is 2.46. The lowest BCUT2D eigenvalue weighted by atomic mass is 9.75. The van der Waals surface area contributed by atoms with Gasteiger partial charge >= 0.3 is 12.1 Å². The first kappa shape index (κ1) is 20.0. The zero-order chi connectivity index (χ0) is 17.7. The van der Waals surface area contributed by atoms with Gasteiger partial charge in [-0.15, -0.1) is 0 Å². The maximum atomic E-state index is 12.4. The quantitative estimate of drug-likeness (QED) is 0.574. The Labute approximate surface area is 142 Å². The van der Waals surface area contributed by atoms with Crippen molar-refractivity contribution < 1.29 is 24.2 Å². The molecule has 0 aromatic rings. The Bertz CT molecular complexity index is 427. The highest BCUT2D eigenvalue weighted by molar-refractivity contribution is 6.17. The number of piperidine rings is 1. The van der Waals surface area contributed by atoms with E-state index in [9.17, 15) is 14.7 Å². The standard InChI is InChI=1S/C15H27ClN2O5/c1-14(2,3)23-13(21)18-6-4-5-15(9-18,7-11(19)8-17)12(20)22-10-16/h11,19H,4-10,17H2,1-3H3. The molecule has 2 unspecified atom stereocenters. The van der Waals surface area contributed by atoms with Gasteiger partial charge in [0.05, 0.1) is 11.5 Å². The van der Waals surface area contributed by atoms with Gasteiger partial charge in [-0.1, -0.05) is 11.6 Å². The minimum Gasteiger partial charge on any atom is -0.449 e. The molecule has 0 bridgehead atoms. The van der Waals surface area contributed by atoms with Crippen LogP contribution >= 0.6 is 11.6 Å². The Kier molecular flexibility index (Phi) is 7.10. The molecule has 0 spiro atoms. The van der Waals surface area contributed by atoms with Crippen LogP contribution in [0.1, 0.15) is 40.0 Å². The van der Waals surface area contributed by atoms with Crippen LogP contribution in [0, 0.1) is 5.41 Å². The zero-order valence-corrected chi connectivity index (χ0v) is 14.8. The van der Waals surface area contributed by atoms with Crippen molar-refractivity contribution in [3.8, 4) is 0 Å². The Morgan fingerprint density at radius 3 is 2.61 bits per heavy atom. The number of hydrogen-bond acceptors (Lipinski definition) is 6. The molecule has 2 atom stereocenters. The third-order valence-corrected chi connectivity index (χ3v) is 3.85. The van der Waals surface area contributed by atoms with E-state index < -0.39 is 29.2 Å². The number of likely N-dealkylation sites (tertiary alicyclic amines) is 1. The van der Waals surface area contributed by atoms with Gasteiger partial charge in [-0.05, 0) is 40.0 Å². The van der Waals surface area contributed by atoms with Crippen molar-refractivity contribution >= 4 is 23.7 Å². The maximum Gasteiger partial charge on any atom is 0.410 e. The van der Waals surface area contributed by atoms with Crippen molar-refractivity contribution in [2.24, 2.45) is 11.1 Å². The van der Waals surface area contributed by atoms with Gasteiger partial charge in [0, 0.05) is 19.6 Å². The number of carbonyl (C=O) groups excluding carboxylic acids is 2. The normalized spacial score (nSPS) is 23.3. The predicted molar refractivity (Wildman–Crippen MR) is 86.0 cm³/mol. The van der Waals surface area contributed by atoms with Gasteiger partial charge < -0.3 is 25.2 Å². The van der Waals surface area contributed by atoms with Crippen molar-refractivity contribution in [3.63, 3.8) is 0 Å². The average molecular weight is 351 g/mol. The first-order chi connectivity index (χ1) is 10.6. The van der Waals surface area contributed by atoms with E-state index in [1.165, 1.54) is 4.90 Å². The first-order valence-corrected chi connectivity index (χ1v) is 8.26. The van der Waals surface area contributed by atoms with E-state index in [1.54, 1.807) is 20.8 Å². The van der Waals surface area contributed by atoms with Crippen molar-refractivity contribution in [2.75, 3.05) is 25.7 Å². The third kappa shape index (κ3) is 5.82. The van der Waals surface area contributed by atoms with Crippen LogP contribution in [0.2, 0.25) is 0 Å². The summed E-state index contributed by atoms with van der Waals surface area (Å²) in [6.45, 7) is 5.98. The number of ether oxygens (including phenoxy) is 2. The highest BCUT2D eigenvalue weighted by Crippen LogP contribution is 2.36. The van der Waals surface area contributed by atoms with Crippen molar-refractivity contribution in [2.45, 2.75) is 51.7 Å². The molecule has 1 heterocycles. The Hall–Kier alpha value is -1.05. The monoisotopic (exact) mass is 350 g/mol. The van der Waals surface area contributed by atoms with E-state index in [4.69, 9.17) is 26.8 Å². The number of nitrogens with zero attached hydrogens (tertiary/aromatic N) is 1. The second kappa shape index (κ2) is 8.17. The summed E-state index contributed by atoms with van der Waals surface area (Å²) in [5.74, 6) is -0.520. The first-order valence-electron chi connectivity index (χ1n) is 7.73. The molecule has 8 heteroatoms. The van der Waals surface area contributed by atoms with E-state index in [1.807, 2.05) is 0 Å². The van der Waals surface area contributed by atoms with E-state index in [0.717, 1.165) is 0 Å². The lowest BCUT2D eigenvalue weighted by Gasteiger charge is -2.41. The fourth-order valence-corrected chi connectivity index (χ4v) is 2.87. The second-order valence-electron chi connectivity index (χ2n) is 6.92. The lowest BCUT2D eigenvalue weighted by Crippen LogP contribution is -2.53. The number of halogens is 1. The predicted octanol–water partition coefficient (Wildman–Crippen LogP) is 1.45. The molecule has 0 saturated carbocycles. The number of rotatable bonds is 5. The van der Waals surface area contributed by atoms with Crippen LogP contribution in [0.3, 0.4) is 0 Å². The summed E-state index contributed by atoms with van der Waals surface area (Å²) in [7, 11) is 0. The average Bonchev–Trinajstić information content (AvgIpc) is 2.45. The molecule has 0 aromatic heterocycles. The van der Waals surface area contributed by atoms with Gasteiger partial charge in [-0.2, -0.15) is 0 Å². The number of amides is 1. The SMILES string of the molecule is CC(C)(C)OC(=O)N1CCCC(CC(O)CN)(C(=O)OCCl)C1. The number of nitrogens with two attached hydrogens (primary N) is 1. The molecular weight excluding hydrogens is 324 g/mol. The van der Waals surface area contributed by atoms with Gasteiger partial charge in [-0.25, -0.2) is 4.79 Å². The van der Waals surface area contributed by atoms with Gasteiger partial charge in [0.15, 0.2) is 6.07 Å². The van der Waals surface area contributed by atoms with Crippen LogP contribution < -0.4 is 5.73 Å². The Balaban J connectivity index is 2.92. The van der Waals surface area contributed by atoms with E-state index in [0.29, 0.717) is 19.4 Å². The molecule has 1 rings (SSSR count). The lowest BCUT2D eigenvalue weighted by molar-refractivity contribution is -0.159. The minimum absolute atomic E-state index is 0.0301. The van der Waals surface area contributed by atoms with Gasteiger partial charge in [-0.3, -0.25) is 4.79 Å². The summed E-state index contributed by atoms with van der Waals surface area (Å²) in [6.07, 6.45) is -0.107. The summed E-state index contributed by atoms with van der Waals surface area (Å²) >= 11 is 5.50.